The molecule has 3 aromatic rings. The number of carbonyl (C=O) groups is 3. The molecule has 0 fully saturated rings. The first kappa shape index (κ1) is 23.4. The van der Waals surface area contributed by atoms with Crippen molar-refractivity contribution in [1.29, 1.82) is 0 Å². The van der Waals surface area contributed by atoms with Crippen LogP contribution in [0.25, 0.3) is 0 Å². The van der Waals surface area contributed by atoms with E-state index in [0.717, 1.165) is 10.5 Å². The summed E-state index contributed by atoms with van der Waals surface area (Å²) in [6.07, 6.45) is 0.233. The van der Waals surface area contributed by atoms with Gasteiger partial charge in [0, 0.05) is 15.6 Å². The van der Waals surface area contributed by atoms with Crippen molar-refractivity contribution in [3.63, 3.8) is 0 Å². The van der Waals surface area contributed by atoms with E-state index in [0.29, 0.717) is 22.0 Å². The highest BCUT2D eigenvalue weighted by Crippen LogP contribution is 2.23. The standard InChI is InChI=1S/C24H21ClN2O4S/c1-31-24(30)20-7-2-3-8-21(20)27-23(29)15-32-19-6-4-5-18(14-19)26-22(28)13-16-9-11-17(25)12-10-16/h2-12,14H,13,15H2,1H3,(H,26,28)(H,27,29). The number of para-hydroxylation sites is 1. The number of methoxy groups -OCH3 is 1. The van der Waals surface area contributed by atoms with Crippen molar-refractivity contribution in [1.82, 2.24) is 0 Å². The molecule has 3 aromatic carbocycles. The van der Waals surface area contributed by atoms with Crippen LogP contribution in [0.2, 0.25) is 5.02 Å². The van der Waals surface area contributed by atoms with Gasteiger partial charge in [0.25, 0.3) is 0 Å². The quantitative estimate of drug-likeness (QED) is 0.357. The SMILES string of the molecule is COC(=O)c1ccccc1NC(=O)CSc1cccc(NC(=O)Cc2ccc(Cl)cc2)c1. The number of benzene rings is 3. The second-order valence-corrected chi connectivity index (χ2v) is 8.24. The van der Waals surface area contributed by atoms with Gasteiger partial charge >= 0.3 is 5.97 Å². The highest BCUT2D eigenvalue weighted by atomic mass is 35.5. The maximum atomic E-state index is 12.4. The lowest BCUT2D eigenvalue weighted by Gasteiger charge is -2.10. The van der Waals surface area contributed by atoms with Crippen LogP contribution in [-0.2, 0) is 20.7 Å². The van der Waals surface area contributed by atoms with Gasteiger partial charge in [0.2, 0.25) is 11.8 Å². The number of carbonyl (C=O) groups excluding carboxylic acids is 3. The van der Waals surface area contributed by atoms with Crippen LogP contribution in [0.15, 0.2) is 77.7 Å². The predicted octanol–water partition coefficient (Wildman–Crippen LogP) is 5.04. The van der Waals surface area contributed by atoms with Crippen LogP contribution in [0, 0.1) is 0 Å². The number of anilines is 2. The van der Waals surface area contributed by atoms with E-state index in [1.807, 2.05) is 24.3 Å². The summed E-state index contributed by atoms with van der Waals surface area (Å²) in [5, 5.41) is 6.22. The summed E-state index contributed by atoms with van der Waals surface area (Å²) in [6, 6.07) is 21.0. The minimum Gasteiger partial charge on any atom is -0.465 e. The van der Waals surface area contributed by atoms with Crippen molar-refractivity contribution < 1.29 is 19.1 Å². The molecule has 2 N–H and O–H groups in total. The van der Waals surface area contributed by atoms with Gasteiger partial charge in [-0.05, 0) is 48.0 Å². The summed E-state index contributed by atoms with van der Waals surface area (Å²) in [7, 11) is 1.29. The van der Waals surface area contributed by atoms with Crippen molar-refractivity contribution in [3.8, 4) is 0 Å². The normalized spacial score (nSPS) is 10.3. The summed E-state index contributed by atoms with van der Waals surface area (Å²) >= 11 is 7.19. The Labute approximate surface area is 195 Å². The molecule has 0 bridgehead atoms. The molecule has 6 nitrogen and oxygen atoms in total. The number of ether oxygens (including phenoxy) is 1. The molecule has 164 valence electrons. The van der Waals surface area contributed by atoms with Crippen LogP contribution in [-0.4, -0.2) is 30.6 Å². The lowest BCUT2D eigenvalue weighted by Crippen LogP contribution is -2.17. The third-order valence-electron chi connectivity index (χ3n) is 4.37. The predicted molar refractivity (Wildman–Crippen MR) is 127 cm³/mol. The Morgan fingerprint density at radius 1 is 0.906 bits per heavy atom. The van der Waals surface area contributed by atoms with E-state index in [1.165, 1.54) is 18.9 Å². The van der Waals surface area contributed by atoms with Crippen LogP contribution in [0.3, 0.4) is 0 Å². The van der Waals surface area contributed by atoms with Crippen LogP contribution < -0.4 is 10.6 Å². The first-order valence-electron chi connectivity index (χ1n) is 9.69. The Morgan fingerprint density at radius 3 is 2.41 bits per heavy atom. The topological polar surface area (TPSA) is 84.5 Å². The van der Waals surface area contributed by atoms with Gasteiger partial charge in [0.1, 0.15) is 0 Å². The lowest BCUT2D eigenvalue weighted by atomic mass is 10.1. The zero-order valence-electron chi connectivity index (χ0n) is 17.3. The average molecular weight is 469 g/mol. The molecule has 0 radical (unpaired) electrons. The van der Waals surface area contributed by atoms with Gasteiger partial charge < -0.3 is 15.4 Å². The summed E-state index contributed by atoms with van der Waals surface area (Å²) in [6.45, 7) is 0. The van der Waals surface area contributed by atoms with Crippen molar-refractivity contribution in [2.75, 3.05) is 23.5 Å². The third-order valence-corrected chi connectivity index (χ3v) is 5.62. The van der Waals surface area contributed by atoms with Crippen LogP contribution in [0.5, 0.6) is 0 Å². The molecule has 0 saturated carbocycles. The zero-order chi connectivity index (χ0) is 22.9. The monoisotopic (exact) mass is 468 g/mol. The minimum atomic E-state index is -0.518. The molecule has 0 aliphatic heterocycles. The Kier molecular flexibility index (Phi) is 8.30. The van der Waals surface area contributed by atoms with Crippen molar-refractivity contribution in [3.05, 3.63) is 88.9 Å². The first-order valence-corrected chi connectivity index (χ1v) is 11.1. The number of esters is 1. The molecule has 0 aromatic heterocycles. The van der Waals surface area contributed by atoms with E-state index in [2.05, 4.69) is 10.6 Å². The zero-order valence-corrected chi connectivity index (χ0v) is 18.8. The smallest absolute Gasteiger partial charge is 0.339 e. The number of nitrogens with one attached hydrogen (secondary N) is 2. The first-order chi connectivity index (χ1) is 15.4. The number of hydrogen-bond donors (Lipinski definition) is 2. The number of amides is 2. The van der Waals surface area contributed by atoms with Crippen LogP contribution >= 0.6 is 23.4 Å². The summed E-state index contributed by atoms with van der Waals surface area (Å²) in [5.74, 6) is -0.789. The van der Waals surface area contributed by atoms with Gasteiger partial charge in [-0.25, -0.2) is 4.79 Å². The van der Waals surface area contributed by atoms with Crippen molar-refractivity contribution in [2.24, 2.45) is 0 Å². The molecular weight excluding hydrogens is 448 g/mol. The second-order valence-electron chi connectivity index (χ2n) is 6.75. The van der Waals surface area contributed by atoms with Gasteiger partial charge in [-0.1, -0.05) is 41.9 Å². The van der Waals surface area contributed by atoms with E-state index in [1.54, 1.807) is 48.5 Å². The second kappa shape index (κ2) is 11.4. The maximum Gasteiger partial charge on any atom is 0.339 e. The summed E-state index contributed by atoms with van der Waals surface area (Å²) in [4.78, 5) is 37.3. The van der Waals surface area contributed by atoms with Crippen LogP contribution in [0.1, 0.15) is 15.9 Å². The molecule has 0 atom stereocenters. The fraction of sp³-hybridized carbons (Fsp3) is 0.125. The molecule has 0 aliphatic rings. The van der Waals surface area contributed by atoms with Gasteiger partial charge in [-0.2, -0.15) is 0 Å². The Hall–Kier alpha value is -3.29. The molecule has 0 heterocycles. The van der Waals surface area contributed by atoms with Gasteiger partial charge in [-0.3, -0.25) is 9.59 Å². The molecule has 32 heavy (non-hydrogen) atoms. The highest BCUT2D eigenvalue weighted by molar-refractivity contribution is 8.00. The molecular formula is C24H21ClN2O4S. The minimum absolute atomic E-state index is 0.137. The van der Waals surface area contributed by atoms with Gasteiger partial charge in [0.05, 0.1) is 30.5 Å². The third kappa shape index (κ3) is 6.87. The maximum absolute atomic E-state index is 12.4. The molecule has 0 unspecified atom stereocenters. The number of rotatable bonds is 8. The van der Waals surface area contributed by atoms with E-state index in [-0.39, 0.29) is 24.0 Å². The Balaban J connectivity index is 1.54. The number of hydrogen-bond acceptors (Lipinski definition) is 5. The van der Waals surface area contributed by atoms with Crippen LogP contribution in [0.4, 0.5) is 11.4 Å². The highest BCUT2D eigenvalue weighted by Gasteiger charge is 2.13. The van der Waals surface area contributed by atoms with Crippen molar-refractivity contribution in [2.45, 2.75) is 11.3 Å². The van der Waals surface area contributed by atoms with Gasteiger partial charge in [-0.15, -0.1) is 11.8 Å². The molecule has 8 heteroatoms. The molecule has 0 aliphatic carbocycles. The van der Waals surface area contributed by atoms with Gasteiger partial charge in [0.15, 0.2) is 0 Å². The fourth-order valence-corrected chi connectivity index (χ4v) is 3.75. The molecule has 3 rings (SSSR count). The Bertz CT molecular complexity index is 1120. The molecule has 0 saturated heterocycles. The summed E-state index contributed by atoms with van der Waals surface area (Å²) < 4.78 is 4.74. The fourth-order valence-electron chi connectivity index (χ4n) is 2.87. The number of thioether (sulfide) groups is 1. The van der Waals surface area contributed by atoms with E-state index in [4.69, 9.17) is 16.3 Å². The molecule has 0 spiro atoms. The lowest BCUT2D eigenvalue weighted by molar-refractivity contribution is -0.115. The van der Waals surface area contributed by atoms with Crippen molar-refractivity contribution >= 4 is 52.5 Å². The van der Waals surface area contributed by atoms with E-state index in [9.17, 15) is 14.4 Å². The Morgan fingerprint density at radius 2 is 1.66 bits per heavy atom. The average Bonchev–Trinajstić information content (AvgIpc) is 2.79. The van der Waals surface area contributed by atoms with E-state index < -0.39 is 5.97 Å². The summed E-state index contributed by atoms with van der Waals surface area (Å²) in [5.41, 5.74) is 2.19. The number of halogens is 1. The largest absolute Gasteiger partial charge is 0.465 e. The van der Waals surface area contributed by atoms with E-state index >= 15 is 0 Å². The molecule has 2 amide bonds.